The third-order valence-corrected chi connectivity index (χ3v) is 5.70. The Morgan fingerprint density at radius 1 is 1.16 bits per heavy atom. The van der Waals surface area contributed by atoms with Crippen LogP contribution in [0.4, 0.5) is 0 Å². The van der Waals surface area contributed by atoms with Gasteiger partial charge in [0.05, 0.1) is 18.0 Å². The van der Waals surface area contributed by atoms with Crippen LogP contribution < -0.4 is 15.6 Å². The van der Waals surface area contributed by atoms with Gasteiger partial charge in [-0.05, 0) is 55.7 Å². The fourth-order valence-corrected chi connectivity index (χ4v) is 4.19. The Bertz CT molecular complexity index is 1140. The third kappa shape index (κ3) is 5.67. The summed E-state index contributed by atoms with van der Waals surface area (Å²) in [6, 6.07) is 13.0. The van der Waals surface area contributed by atoms with Gasteiger partial charge in [-0.2, -0.15) is 0 Å². The summed E-state index contributed by atoms with van der Waals surface area (Å²) in [5.74, 6) is 1.57. The van der Waals surface area contributed by atoms with Crippen molar-refractivity contribution in [3.63, 3.8) is 0 Å². The summed E-state index contributed by atoms with van der Waals surface area (Å²) in [5, 5.41) is 4.05. The van der Waals surface area contributed by atoms with Gasteiger partial charge in [0.2, 0.25) is 0 Å². The highest BCUT2D eigenvalue weighted by Gasteiger charge is 2.15. The number of nitrogens with zero attached hydrogens (tertiary/aromatic N) is 2. The maximum Gasteiger partial charge on any atom is 0.262 e. The Morgan fingerprint density at radius 2 is 1.94 bits per heavy atom. The van der Waals surface area contributed by atoms with Crippen LogP contribution in [0.2, 0.25) is 0 Å². The minimum absolute atomic E-state index is 0.0316. The van der Waals surface area contributed by atoms with E-state index in [1.54, 1.807) is 29.9 Å². The van der Waals surface area contributed by atoms with E-state index in [0.717, 1.165) is 11.3 Å². The lowest BCUT2D eigenvalue weighted by molar-refractivity contribution is 0.0943. The summed E-state index contributed by atoms with van der Waals surface area (Å²) >= 11 is 1.51. The first-order valence-corrected chi connectivity index (χ1v) is 11.4. The van der Waals surface area contributed by atoms with E-state index in [1.807, 2.05) is 38.1 Å². The van der Waals surface area contributed by atoms with Crippen LogP contribution in [0.5, 0.6) is 5.75 Å². The zero-order valence-corrected chi connectivity index (χ0v) is 19.5. The molecule has 0 saturated carbocycles. The molecule has 0 aliphatic heterocycles. The number of rotatable bonds is 8. The van der Waals surface area contributed by atoms with Crippen LogP contribution in [0.25, 0.3) is 10.9 Å². The van der Waals surface area contributed by atoms with Crippen molar-refractivity contribution >= 4 is 28.6 Å². The zero-order valence-electron chi connectivity index (χ0n) is 18.6. The molecule has 164 valence electrons. The lowest BCUT2D eigenvalue weighted by atomic mass is 10.1. The molecule has 3 aromatic rings. The summed E-state index contributed by atoms with van der Waals surface area (Å²) in [7, 11) is 1.64. The minimum Gasteiger partial charge on any atom is -0.497 e. The average molecular weight is 440 g/mol. The van der Waals surface area contributed by atoms with E-state index in [1.165, 1.54) is 11.8 Å². The first kappa shape index (κ1) is 22.9. The molecule has 0 atom stereocenters. The van der Waals surface area contributed by atoms with Gasteiger partial charge < -0.3 is 10.1 Å². The molecule has 7 heteroatoms. The summed E-state index contributed by atoms with van der Waals surface area (Å²) in [5.41, 5.74) is 2.04. The smallest absolute Gasteiger partial charge is 0.262 e. The molecule has 0 saturated heterocycles. The Kier molecular flexibility index (Phi) is 7.38. The van der Waals surface area contributed by atoms with Gasteiger partial charge in [-0.25, -0.2) is 4.98 Å². The van der Waals surface area contributed by atoms with E-state index in [9.17, 15) is 9.59 Å². The number of aromatic nitrogens is 2. The fourth-order valence-electron chi connectivity index (χ4n) is 3.23. The SMILES string of the molecule is COc1cccc(CSc2nc3cc(C(=O)NC(C)C)ccc3c(=O)n2CC(C)C)c1. The molecule has 3 rings (SSSR count). The Labute approximate surface area is 187 Å². The first-order valence-electron chi connectivity index (χ1n) is 10.4. The number of ether oxygens (including phenoxy) is 1. The first-order chi connectivity index (χ1) is 14.8. The van der Waals surface area contributed by atoms with Crippen LogP contribution in [-0.4, -0.2) is 28.6 Å². The molecule has 0 aliphatic carbocycles. The van der Waals surface area contributed by atoms with Crippen molar-refractivity contribution in [1.29, 1.82) is 0 Å². The second-order valence-corrected chi connectivity index (χ2v) is 9.15. The number of methoxy groups -OCH3 is 1. The van der Waals surface area contributed by atoms with Gasteiger partial charge in [0, 0.05) is 23.9 Å². The van der Waals surface area contributed by atoms with E-state index in [0.29, 0.717) is 39.8 Å². The Morgan fingerprint density at radius 3 is 2.61 bits per heavy atom. The van der Waals surface area contributed by atoms with Crippen LogP contribution in [-0.2, 0) is 12.3 Å². The topological polar surface area (TPSA) is 73.2 Å². The molecular formula is C24H29N3O3S. The van der Waals surface area contributed by atoms with Crippen molar-refractivity contribution in [3.05, 3.63) is 63.9 Å². The van der Waals surface area contributed by atoms with Gasteiger partial charge in [0.1, 0.15) is 5.75 Å². The lowest BCUT2D eigenvalue weighted by Crippen LogP contribution is -2.30. The molecule has 2 aromatic carbocycles. The summed E-state index contributed by atoms with van der Waals surface area (Å²) < 4.78 is 7.05. The highest BCUT2D eigenvalue weighted by molar-refractivity contribution is 7.98. The number of thioether (sulfide) groups is 1. The number of hydrogen-bond donors (Lipinski definition) is 1. The van der Waals surface area contributed by atoms with E-state index < -0.39 is 0 Å². The largest absolute Gasteiger partial charge is 0.497 e. The number of amides is 1. The number of carbonyl (C=O) groups is 1. The third-order valence-electron chi connectivity index (χ3n) is 4.65. The minimum atomic E-state index is -0.171. The van der Waals surface area contributed by atoms with E-state index in [2.05, 4.69) is 19.2 Å². The predicted octanol–water partition coefficient (Wildman–Crippen LogP) is 4.49. The van der Waals surface area contributed by atoms with Gasteiger partial charge in [-0.1, -0.05) is 37.7 Å². The summed E-state index contributed by atoms with van der Waals surface area (Å²) in [6.45, 7) is 8.56. The number of benzene rings is 2. The van der Waals surface area contributed by atoms with Crippen molar-refractivity contribution in [2.24, 2.45) is 5.92 Å². The van der Waals surface area contributed by atoms with Gasteiger partial charge in [-0.15, -0.1) is 0 Å². The lowest BCUT2D eigenvalue weighted by Gasteiger charge is -2.15. The van der Waals surface area contributed by atoms with Crippen molar-refractivity contribution in [2.75, 3.05) is 7.11 Å². The van der Waals surface area contributed by atoms with Gasteiger partial charge in [0.15, 0.2) is 5.16 Å². The van der Waals surface area contributed by atoms with E-state index in [4.69, 9.17) is 9.72 Å². The molecule has 1 aromatic heterocycles. The quantitative estimate of drug-likeness (QED) is 0.413. The van der Waals surface area contributed by atoms with Crippen LogP contribution in [0.1, 0.15) is 43.6 Å². The van der Waals surface area contributed by atoms with Crippen LogP contribution >= 0.6 is 11.8 Å². The number of fused-ring (bicyclic) bond motifs is 1. The maximum absolute atomic E-state index is 13.2. The molecule has 6 nitrogen and oxygen atoms in total. The van der Waals surface area contributed by atoms with Crippen LogP contribution in [0.3, 0.4) is 0 Å². The number of nitrogens with one attached hydrogen (secondary N) is 1. The molecule has 0 bridgehead atoms. The molecular weight excluding hydrogens is 410 g/mol. The Hall–Kier alpha value is -2.80. The van der Waals surface area contributed by atoms with Gasteiger partial charge in [0.25, 0.3) is 11.5 Å². The molecule has 0 fully saturated rings. The normalized spacial score (nSPS) is 11.3. The van der Waals surface area contributed by atoms with E-state index in [-0.39, 0.29) is 17.5 Å². The molecule has 1 heterocycles. The molecule has 31 heavy (non-hydrogen) atoms. The van der Waals surface area contributed by atoms with Gasteiger partial charge in [-0.3, -0.25) is 14.2 Å². The van der Waals surface area contributed by atoms with Crippen molar-refractivity contribution < 1.29 is 9.53 Å². The Balaban J connectivity index is 2.01. The zero-order chi connectivity index (χ0) is 22.5. The second-order valence-electron chi connectivity index (χ2n) is 8.20. The van der Waals surface area contributed by atoms with Crippen LogP contribution in [0, 0.1) is 5.92 Å². The summed E-state index contributed by atoms with van der Waals surface area (Å²) in [6.07, 6.45) is 0. The van der Waals surface area contributed by atoms with Crippen molar-refractivity contribution in [2.45, 2.75) is 51.2 Å². The monoisotopic (exact) mass is 439 g/mol. The molecule has 0 radical (unpaired) electrons. The maximum atomic E-state index is 13.2. The van der Waals surface area contributed by atoms with Gasteiger partial charge >= 0.3 is 0 Å². The summed E-state index contributed by atoms with van der Waals surface area (Å²) in [4.78, 5) is 30.4. The van der Waals surface area contributed by atoms with Crippen molar-refractivity contribution in [1.82, 2.24) is 14.9 Å². The average Bonchev–Trinajstić information content (AvgIpc) is 2.73. The fraction of sp³-hybridized carbons (Fsp3) is 0.375. The molecule has 1 N–H and O–H groups in total. The number of carbonyl (C=O) groups excluding carboxylic acids is 1. The number of hydrogen-bond acceptors (Lipinski definition) is 5. The van der Waals surface area contributed by atoms with E-state index >= 15 is 0 Å². The highest BCUT2D eigenvalue weighted by atomic mass is 32.2. The molecule has 1 amide bonds. The van der Waals surface area contributed by atoms with Crippen molar-refractivity contribution in [3.8, 4) is 5.75 Å². The predicted molar refractivity (Wildman–Crippen MR) is 126 cm³/mol. The highest BCUT2D eigenvalue weighted by Crippen LogP contribution is 2.25. The standard InChI is InChI=1S/C24H29N3O3S/c1-15(2)13-27-23(29)20-10-9-18(22(28)25-16(3)4)12-21(20)26-24(27)31-14-17-7-6-8-19(11-17)30-5/h6-12,15-16H,13-14H2,1-5H3,(H,25,28). The van der Waals surface area contributed by atoms with Crippen LogP contribution in [0.15, 0.2) is 52.4 Å². The molecule has 0 spiro atoms. The second kappa shape index (κ2) is 10.0. The molecule has 0 unspecified atom stereocenters. The molecule has 0 aliphatic rings.